The Balaban J connectivity index is 1.81. The maximum Gasteiger partial charge on any atom is 0.334 e. The Kier molecular flexibility index (Phi) is 5.51. The van der Waals surface area contributed by atoms with Crippen LogP contribution in [-0.4, -0.2) is 31.2 Å². The predicted molar refractivity (Wildman–Crippen MR) is 104 cm³/mol. The van der Waals surface area contributed by atoms with E-state index in [0.29, 0.717) is 10.8 Å². The maximum atomic E-state index is 12.3. The third-order valence-electron chi connectivity index (χ3n) is 3.52. The topological polar surface area (TPSA) is 110 Å². The number of hydrogen-bond acceptors (Lipinski definition) is 6. The van der Waals surface area contributed by atoms with E-state index in [1.807, 2.05) is 19.9 Å². The Morgan fingerprint density at radius 2 is 1.78 bits per heavy atom. The van der Waals surface area contributed by atoms with E-state index in [-0.39, 0.29) is 17.5 Å². The van der Waals surface area contributed by atoms with E-state index in [9.17, 15) is 14.4 Å². The molecule has 0 aliphatic rings. The van der Waals surface area contributed by atoms with Crippen molar-refractivity contribution in [1.82, 2.24) is 19.5 Å². The minimum absolute atomic E-state index is 0.0403. The quantitative estimate of drug-likeness (QED) is 0.512. The summed E-state index contributed by atoms with van der Waals surface area (Å²) in [4.78, 5) is 47.0. The first-order chi connectivity index (χ1) is 12.9. The second-order valence-electron chi connectivity index (χ2n) is 5.77. The summed E-state index contributed by atoms with van der Waals surface area (Å²) in [6, 6.07) is 11.7. The minimum Gasteiger partial charge on any atom is -0.311 e. The van der Waals surface area contributed by atoms with Crippen LogP contribution in [0.5, 0.6) is 0 Å². The van der Waals surface area contributed by atoms with Gasteiger partial charge in [0.25, 0.3) is 5.56 Å². The van der Waals surface area contributed by atoms with Crippen LogP contribution in [0.2, 0.25) is 0 Å². The Bertz CT molecular complexity index is 1070. The van der Waals surface area contributed by atoms with E-state index in [4.69, 9.17) is 0 Å². The number of amides is 1. The molecule has 0 fully saturated rings. The van der Waals surface area contributed by atoms with E-state index in [0.717, 1.165) is 11.4 Å². The van der Waals surface area contributed by atoms with Crippen molar-refractivity contribution in [3.8, 4) is 5.69 Å². The highest BCUT2D eigenvalue weighted by Crippen LogP contribution is 2.15. The van der Waals surface area contributed by atoms with Crippen LogP contribution in [0.15, 0.2) is 57.2 Å². The number of carbonyl (C=O) groups is 1. The zero-order valence-electron chi connectivity index (χ0n) is 14.7. The molecule has 0 spiro atoms. The number of nitrogens with one attached hydrogen (secondary N) is 2. The van der Waals surface area contributed by atoms with E-state index in [2.05, 4.69) is 20.3 Å². The molecule has 2 heterocycles. The lowest BCUT2D eigenvalue weighted by molar-refractivity contribution is -0.113. The molecule has 0 unspecified atom stereocenters. The number of aromatic nitrogens is 4. The molecule has 1 aromatic carbocycles. The summed E-state index contributed by atoms with van der Waals surface area (Å²) >= 11 is 1.18. The molecular weight excluding hydrogens is 366 g/mol. The molecule has 27 heavy (non-hydrogen) atoms. The van der Waals surface area contributed by atoms with Crippen molar-refractivity contribution in [1.29, 1.82) is 0 Å². The Labute approximate surface area is 158 Å². The Hall–Kier alpha value is -3.20. The van der Waals surface area contributed by atoms with Crippen molar-refractivity contribution >= 4 is 23.5 Å². The van der Waals surface area contributed by atoms with E-state index < -0.39 is 11.2 Å². The molecule has 8 nitrogen and oxygen atoms in total. The molecule has 2 aromatic heterocycles. The average molecular weight is 383 g/mol. The molecule has 3 rings (SSSR count). The van der Waals surface area contributed by atoms with Crippen molar-refractivity contribution < 1.29 is 4.79 Å². The highest BCUT2D eigenvalue weighted by atomic mass is 32.2. The fourth-order valence-corrected chi connectivity index (χ4v) is 3.24. The number of thioether (sulfide) groups is 1. The summed E-state index contributed by atoms with van der Waals surface area (Å²) in [7, 11) is 0. The first kappa shape index (κ1) is 18.6. The lowest BCUT2D eigenvalue weighted by atomic mass is 10.3. The maximum absolute atomic E-state index is 12.3. The molecule has 0 radical (unpaired) electrons. The highest BCUT2D eigenvalue weighted by Gasteiger charge is 2.12. The Morgan fingerprint density at radius 1 is 1.11 bits per heavy atom. The number of benzene rings is 1. The lowest BCUT2D eigenvalue weighted by Crippen LogP contribution is -2.32. The second kappa shape index (κ2) is 8.00. The van der Waals surface area contributed by atoms with Gasteiger partial charge >= 0.3 is 5.69 Å². The zero-order chi connectivity index (χ0) is 19.4. The van der Waals surface area contributed by atoms with Gasteiger partial charge < -0.3 is 5.32 Å². The van der Waals surface area contributed by atoms with Crippen LogP contribution in [0.25, 0.3) is 5.69 Å². The molecule has 0 saturated heterocycles. The van der Waals surface area contributed by atoms with Crippen LogP contribution < -0.4 is 16.6 Å². The van der Waals surface area contributed by atoms with Gasteiger partial charge in [0.15, 0.2) is 5.16 Å². The van der Waals surface area contributed by atoms with Crippen molar-refractivity contribution in [3.05, 3.63) is 74.7 Å². The summed E-state index contributed by atoms with van der Waals surface area (Å²) in [6.45, 7) is 3.71. The molecule has 0 aliphatic carbocycles. The van der Waals surface area contributed by atoms with Gasteiger partial charge in [0, 0.05) is 17.5 Å². The highest BCUT2D eigenvalue weighted by molar-refractivity contribution is 7.99. The molecule has 1 amide bonds. The second-order valence-corrected chi connectivity index (χ2v) is 6.71. The van der Waals surface area contributed by atoms with Gasteiger partial charge in [0.2, 0.25) is 5.91 Å². The fourth-order valence-electron chi connectivity index (χ4n) is 2.49. The van der Waals surface area contributed by atoms with Crippen LogP contribution >= 0.6 is 11.8 Å². The standard InChI is InChI=1S/C18H17N5O3S/c1-11-8-12(2)20-17(19-11)27-10-16(25)21-14-9-15(24)22-18(26)23(14)13-6-4-3-5-7-13/h3-9H,10H2,1-2H3,(H,21,25)(H,22,24,26). The average Bonchev–Trinajstić information content (AvgIpc) is 2.59. The predicted octanol–water partition coefficient (Wildman–Crippen LogP) is 1.66. The number of aryl methyl sites for hydroxylation is 2. The van der Waals surface area contributed by atoms with E-state index in [1.54, 1.807) is 30.3 Å². The SMILES string of the molecule is Cc1cc(C)nc(SCC(=O)Nc2cc(=O)[nH]c(=O)n2-c2ccccc2)n1. The van der Waals surface area contributed by atoms with Crippen molar-refractivity contribution in [2.24, 2.45) is 0 Å². The fraction of sp³-hybridized carbons (Fsp3) is 0.167. The third kappa shape index (κ3) is 4.70. The number of rotatable bonds is 5. The number of H-pyrrole nitrogens is 1. The Morgan fingerprint density at radius 3 is 2.44 bits per heavy atom. The van der Waals surface area contributed by atoms with Crippen LogP contribution in [-0.2, 0) is 4.79 Å². The summed E-state index contributed by atoms with van der Waals surface area (Å²) < 4.78 is 1.23. The van der Waals surface area contributed by atoms with Crippen LogP contribution in [0.4, 0.5) is 5.82 Å². The molecule has 0 saturated carbocycles. The van der Waals surface area contributed by atoms with Crippen LogP contribution in [0.3, 0.4) is 0 Å². The summed E-state index contributed by atoms with van der Waals surface area (Å²) in [5.41, 5.74) is 0.942. The molecule has 138 valence electrons. The van der Waals surface area contributed by atoms with Crippen molar-refractivity contribution in [2.75, 3.05) is 11.1 Å². The zero-order valence-corrected chi connectivity index (χ0v) is 15.5. The largest absolute Gasteiger partial charge is 0.334 e. The summed E-state index contributed by atoms with van der Waals surface area (Å²) in [6.07, 6.45) is 0. The van der Waals surface area contributed by atoms with Gasteiger partial charge in [-0.05, 0) is 32.0 Å². The number of hydrogen-bond donors (Lipinski definition) is 2. The van der Waals surface area contributed by atoms with Gasteiger partial charge in [-0.1, -0.05) is 30.0 Å². The number of carbonyl (C=O) groups excluding carboxylic acids is 1. The molecule has 0 bridgehead atoms. The summed E-state index contributed by atoms with van der Waals surface area (Å²) in [5, 5.41) is 3.11. The van der Waals surface area contributed by atoms with Crippen LogP contribution in [0, 0.1) is 13.8 Å². The van der Waals surface area contributed by atoms with Crippen molar-refractivity contribution in [2.45, 2.75) is 19.0 Å². The first-order valence-corrected chi connectivity index (χ1v) is 9.07. The molecule has 0 aliphatic heterocycles. The van der Waals surface area contributed by atoms with Gasteiger partial charge in [0.05, 0.1) is 11.4 Å². The smallest absolute Gasteiger partial charge is 0.311 e. The van der Waals surface area contributed by atoms with E-state index >= 15 is 0 Å². The van der Waals surface area contributed by atoms with Crippen LogP contribution in [0.1, 0.15) is 11.4 Å². The number of nitrogens with zero attached hydrogens (tertiary/aromatic N) is 3. The van der Waals surface area contributed by atoms with Gasteiger partial charge in [-0.2, -0.15) is 0 Å². The third-order valence-corrected chi connectivity index (χ3v) is 4.37. The van der Waals surface area contributed by atoms with Gasteiger partial charge in [0.1, 0.15) is 5.82 Å². The molecule has 9 heteroatoms. The van der Waals surface area contributed by atoms with Gasteiger partial charge in [-0.15, -0.1) is 0 Å². The van der Waals surface area contributed by atoms with Gasteiger partial charge in [-0.25, -0.2) is 19.3 Å². The summed E-state index contributed by atoms with van der Waals surface area (Å²) in [5.74, 6) is -0.238. The van der Waals surface area contributed by atoms with Crippen molar-refractivity contribution in [3.63, 3.8) is 0 Å². The number of aromatic amines is 1. The number of anilines is 1. The molecule has 3 aromatic rings. The minimum atomic E-state index is -0.630. The number of para-hydroxylation sites is 1. The van der Waals surface area contributed by atoms with E-state index in [1.165, 1.54) is 22.4 Å². The molecule has 0 atom stereocenters. The van der Waals surface area contributed by atoms with Gasteiger partial charge in [-0.3, -0.25) is 14.6 Å². The first-order valence-electron chi connectivity index (χ1n) is 8.09. The monoisotopic (exact) mass is 383 g/mol. The molecular formula is C18H17N5O3S. The molecule has 2 N–H and O–H groups in total. The lowest BCUT2D eigenvalue weighted by Gasteiger charge is -2.12. The normalized spacial score (nSPS) is 10.6.